The average Bonchev–Trinajstić information content (AvgIpc) is 2.17. The molecule has 1 aliphatic rings. The van der Waals surface area contributed by atoms with Gasteiger partial charge >= 0.3 is 29.6 Å². The topological polar surface area (TPSA) is 49.4 Å². The Labute approximate surface area is 104 Å². The molecule has 2 rings (SSSR count). The van der Waals surface area contributed by atoms with E-state index in [1.54, 1.807) is 12.1 Å². The minimum atomic E-state index is -1.02. The van der Waals surface area contributed by atoms with Crippen LogP contribution >= 0.6 is 0 Å². The van der Waals surface area contributed by atoms with Crippen LogP contribution in [0.1, 0.15) is 17.9 Å². The molecule has 0 saturated carbocycles. The van der Waals surface area contributed by atoms with E-state index in [9.17, 15) is 9.90 Å². The zero-order chi connectivity index (χ0) is 9.26. The van der Waals surface area contributed by atoms with Crippen molar-refractivity contribution < 1.29 is 44.2 Å². The first kappa shape index (κ1) is 11.6. The molecule has 0 radical (unpaired) electrons. The summed E-state index contributed by atoms with van der Waals surface area (Å²) in [4.78, 5) is 10.8. The van der Waals surface area contributed by atoms with Crippen molar-refractivity contribution in [3.8, 4) is 5.75 Å². The largest absolute Gasteiger partial charge is 1.00 e. The second-order valence-electron chi connectivity index (χ2n) is 3.05. The maximum absolute atomic E-state index is 10.8. The number of carboxylic acid groups (broad SMARTS) is 1. The first-order chi connectivity index (χ1) is 6.29. The summed E-state index contributed by atoms with van der Waals surface area (Å²) in [5.74, 6) is -0.858. The number of fused-ring (bicyclic) bond motifs is 1. The molecule has 0 bridgehead atoms. The van der Waals surface area contributed by atoms with E-state index in [0.717, 1.165) is 5.56 Å². The van der Waals surface area contributed by atoms with E-state index < -0.39 is 11.9 Å². The van der Waals surface area contributed by atoms with Gasteiger partial charge in [-0.15, -0.1) is 0 Å². The first-order valence-corrected chi connectivity index (χ1v) is 4.21. The predicted octanol–water partition coefficient (Wildman–Crippen LogP) is -2.69. The van der Waals surface area contributed by atoms with E-state index in [-0.39, 0.29) is 29.6 Å². The van der Waals surface area contributed by atoms with Crippen LogP contribution in [0.4, 0.5) is 0 Å². The molecular formula is C10H9NaO3. The van der Waals surface area contributed by atoms with Gasteiger partial charge < -0.3 is 14.6 Å². The van der Waals surface area contributed by atoms with Crippen LogP contribution in [0, 0.1) is 0 Å². The summed E-state index contributed by atoms with van der Waals surface area (Å²) >= 11 is 0. The van der Waals surface area contributed by atoms with Crippen LogP contribution in [0.15, 0.2) is 24.3 Å². The van der Waals surface area contributed by atoms with Gasteiger partial charge in [-0.1, -0.05) is 18.2 Å². The van der Waals surface area contributed by atoms with Gasteiger partial charge in [-0.05, 0) is 12.5 Å². The summed E-state index contributed by atoms with van der Waals surface area (Å²) in [6.45, 7) is 0.454. The number of para-hydroxylation sites is 1. The molecule has 1 heterocycles. The van der Waals surface area contributed by atoms with Gasteiger partial charge in [0.15, 0.2) is 0 Å². The Bertz CT molecular complexity index is 338. The van der Waals surface area contributed by atoms with Crippen molar-refractivity contribution in [3.63, 3.8) is 0 Å². The van der Waals surface area contributed by atoms with Crippen LogP contribution in [0.25, 0.3) is 0 Å². The molecule has 0 aromatic heterocycles. The van der Waals surface area contributed by atoms with Crippen molar-refractivity contribution in [2.45, 2.75) is 12.3 Å². The Morgan fingerprint density at radius 3 is 2.86 bits per heavy atom. The summed E-state index contributed by atoms with van der Waals surface area (Å²) in [7, 11) is 0. The van der Waals surface area contributed by atoms with E-state index in [0.29, 0.717) is 18.8 Å². The van der Waals surface area contributed by atoms with Crippen molar-refractivity contribution in [2.24, 2.45) is 0 Å². The molecule has 1 aromatic carbocycles. The number of carboxylic acids is 1. The number of carbonyl (C=O) groups excluding carboxylic acids is 1. The van der Waals surface area contributed by atoms with Gasteiger partial charge in [0, 0.05) is 17.5 Å². The number of rotatable bonds is 1. The number of benzene rings is 1. The monoisotopic (exact) mass is 200 g/mol. The average molecular weight is 200 g/mol. The maximum atomic E-state index is 10.8. The zero-order valence-corrected chi connectivity index (χ0v) is 10.0. The van der Waals surface area contributed by atoms with Crippen LogP contribution in [0.5, 0.6) is 5.75 Å². The maximum Gasteiger partial charge on any atom is 1.00 e. The summed E-state index contributed by atoms with van der Waals surface area (Å²) in [5, 5.41) is 10.8. The van der Waals surface area contributed by atoms with E-state index in [1.807, 2.05) is 12.1 Å². The molecule has 0 amide bonds. The normalized spacial score (nSPS) is 18.7. The van der Waals surface area contributed by atoms with E-state index in [2.05, 4.69) is 0 Å². The summed E-state index contributed by atoms with van der Waals surface area (Å²) in [6, 6.07) is 7.19. The Morgan fingerprint density at radius 1 is 1.43 bits per heavy atom. The fraction of sp³-hybridized carbons (Fsp3) is 0.300. The molecule has 3 nitrogen and oxygen atoms in total. The van der Waals surface area contributed by atoms with Gasteiger partial charge in [0.05, 0.1) is 6.61 Å². The molecule has 0 saturated heterocycles. The molecule has 0 aliphatic carbocycles. The van der Waals surface area contributed by atoms with Crippen molar-refractivity contribution >= 4 is 5.97 Å². The van der Waals surface area contributed by atoms with Gasteiger partial charge in [-0.25, -0.2) is 0 Å². The second kappa shape index (κ2) is 4.82. The number of aliphatic carboxylic acids is 1. The molecule has 0 fully saturated rings. The summed E-state index contributed by atoms with van der Waals surface area (Å²) in [6.07, 6.45) is 0.499. The Kier molecular flexibility index (Phi) is 3.98. The molecular weight excluding hydrogens is 191 g/mol. The standard InChI is InChI=1S/C10H10O3.Na/c11-10(12)8-5-6-13-9-4-2-1-3-7(8)9;/h1-4,8H,5-6H2,(H,11,12);/q;+1/p-1. The molecule has 68 valence electrons. The van der Waals surface area contributed by atoms with E-state index >= 15 is 0 Å². The molecule has 1 atom stereocenters. The molecule has 0 spiro atoms. The quantitative estimate of drug-likeness (QED) is 0.464. The number of hydrogen-bond donors (Lipinski definition) is 0. The van der Waals surface area contributed by atoms with E-state index in [4.69, 9.17) is 4.74 Å². The second-order valence-corrected chi connectivity index (χ2v) is 3.05. The van der Waals surface area contributed by atoms with Crippen LogP contribution in [0.3, 0.4) is 0 Å². The van der Waals surface area contributed by atoms with Gasteiger partial charge in [-0.2, -0.15) is 0 Å². The first-order valence-electron chi connectivity index (χ1n) is 4.21. The fourth-order valence-corrected chi connectivity index (χ4v) is 1.59. The van der Waals surface area contributed by atoms with Crippen molar-refractivity contribution in [2.75, 3.05) is 6.61 Å². The Morgan fingerprint density at radius 2 is 2.14 bits per heavy atom. The van der Waals surface area contributed by atoms with Crippen LogP contribution < -0.4 is 39.4 Å². The Balaban J connectivity index is 0.000000980. The van der Waals surface area contributed by atoms with Gasteiger partial charge in [0.2, 0.25) is 0 Å². The SMILES string of the molecule is O=C([O-])C1CCOc2ccccc21.[Na+]. The third kappa shape index (κ3) is 2.11. The molecule has 1 aromatic rings. The van der Waals surface area contributed by atoms with Crippen molar-refractivity contribution in [3.05, 3.63) is 29.8 Å². The van der Waals surface area contributed by atoms with Crippen molar-refractivity contribution in [1.29, 1.82) is 0 Å². The van der Waals surface area contributed by atoms with E-state index in [1.165, 1.54) is 0 Å². The number of carbonyl (C=O) groups is 1. The fourth-order valence-electron chi connectivity index (χ4n) is 1.59. The predicted molar refractivity (Wildman–Crippen MR) is 44.3 cm³/mol. The summed E-state index contributed by atoms with van der Waals surface area (Å²) < 4.78 is 5.31. The van der Waals surface area contributed by atoms with Crippen LogP contribution in [-0.4, -0.2) is 12.6 Å². The van der Waals surface area contributed by atoms with Crippen molar-refractivity contribution in [1.82, 2.24) is 0 Å². The molecule has 1 aliphatic heterocycles. The third-order valence-corrected chi connectivity index (χ3v) is 2.24. The molecule has 4 heteroatoms. The van der Waals surface area contributed by atoms with Crippen LogP contribution in [0.2, 0.25) is 0 Å². The Hall–Kier alpha value is -0.510. The summed E-state index contributed by atoms with van der Waals surface area (Å²) in [5.41, 5.74) is 0.730. The minimum Gasteiger partial charge on any atom is -0.549 e. The van der Waals surface area contributed by atoms with Gasteiger partial charge in [0.25, 0.3) is 0 Å². The third-order valence-electron chi connectivity index (χ3n) is 2.24. The van der Waals surface area contributed by atoms with Crippen LogP contribution in [-0.2, 0) is 4.79 Å². The zero-order valence-electron chi connectivity index (χ0n) is 8.03. The minimum absolute atomic E-state index is 0. The number of ether oxygens (including phenoxy) is 1. The number of hydrogen-bond acceptors (Lipinski definition) is 3. The van der Waals surface area contributed by atoms with Gasteiger partial charge in [-0.3, -0.25) is 0 Å². The molecule has 14 heavy (non-hydrogen) atoms. The van der Waals surface area contributed by atoms with Gasteiger partial charge in [0.1, 0.15) is 5.75 Å². The smallest absolute Gasteiger partial charge is 0.549 e. The molecule has 1 unspecified atom stereocenters. The molecule has 0 N–H and O–H groups in total.